The first-order chi connectivity index (χ1) is 16.5. The molecular formula is C27H26F3NO4. The highest BCUT2D eigenvalue weighted by molar-refractivity contribution is 5.93. The van der Waals surface area contributed by atoms with Crippen molar-refractivity contribution < 1.29 is 32.9 Å². The second kappa shape index (κ2) is 9.26. The van der Waals surface area contributed by atoms with Crippen LogP contribution in [0.4, 0.5) is 18.9 Å². The van der Waals surface area contributed by atoms with Gasteiger partial charge in [0.1, 0.15) is 29.8 Å². The fourth-order valence-electron chi connectivity index (χ4n) is 4.70. The Hall–Kier alpha value is -3.52. The molecule has 3 aromatic rings. The Morgan fingerprint density at radius 3 is 2.49 bits per heavy atom. The summed E-state index contributed by atoms with van der Waals surface area (Å²) >= 11 is 0. The second-order valence-corrected chi connectivity index (χ2v) is 9.66. The van der Waals surface area contributed by atoms with E-state index in [4.69, 9.17) is 4.74 Å². The van der Waals surface area contributed by atoms with Crippen LogP contribution in [0, 0.1) is 17.5 Å². The van der Waals surface area contributed by atoms with Crippen LogP contribution in [0.25, 0.3) is 0 Å². The summed E-state index contributed by atoms with van der Waals surface area (Å²) in [5.74, 6) is -2.38. The Morgan fingerprint density at radius 2 is 1.71 bits per heavy atom. The summed E-state index contributed by atoms with van der Waals surface area (Å²) < 4.78 is 47.3. The number of aliphatic hydroxyl groups is 1. The lowest BCUT2D eigenvalue weighted by molar-refractivity contribution is 0.0245. The molecule has 8 heteroatoms. The van der Waals surface area contributed by atoms with Crippen LogP contribution in [-0.2, 0) is 23.2 Å². The normalized spacial score (nSPS) is 14.9. The van der Waals surface area contributed by atoms with Gasteiger partial charge in [0.05, 0.1) is 11.2 Å². The third kappa shape index (κ3) is 5.43. The number of anilines is 1. The molecule has 0 aliphatic carbocycles. The minimum Gasteiger partial charge on any atom is -0.508 e. The van der Waals surface area contributed by atoms with Gasteiger partial charge >= 0.3 is 5.97 Å². The van der Waals surface area contributed by atoms with Gasteiger partial charge in [0, 0.05) is 29.8 Å². The number of rotatable bonds is 8. The van der Waals surface area contributed by atoms with E-state index < -0.39 is 34.4 Å². The molecule has 184 valence electrons. The number of hydrogen-bond acceptors (Lipinski definition) is 5. The molecule has 0 fully saturated rings. The molecule has 0 bridgehead atoms. The van der Waals surface area contributed by atoms with E-state index in [0.29, 0.717) is 16.8 Å². The van der Waals surface area contributed by atoms with E-state index in [1.807, 2.05) is 0 Å². The van der Waals surface area contributed by atoms with Crippen LogP contribution in [0.1, 0.15) is 47.3 Å². The van der Waals surface area contributed by atoms with Gasteiger partial charge in [0.15, 0.2) is 0 Å². The highest BCUT2D eigenvalue weighted by Gasteiger charge is 2.38. The second-order valence-electron chi connectivity index (χ2n) is 9.66. The van der Waals surface area contributed by atoms with Gasteiger partial charge in [-0.25, -0.2) is 18.0 Å². The Bertz CT molecular complexity index is 1280. The first-order valence-electron chi connectivity index (χ1n) is 11.2. The quantitative estimate of drug-likeness (QED) is 0.381. The molecule has 1 heterocycles. The van der Waals surface area contributed by atoms with Gasteiger partial charge in [-0.2, -0.15) is 0 Å². The fourth-order valence-corrected chi connectivity index (χ4v) is 4.70. The van der Waals surface area contributed by atoms with Crippen molar-refractivity contribution in [3.05, 3.63) is 94.3 Å². The number of aromatic hydroxyl groups is 1. The Balaban J connectivity index is 1.64. The van der Waals surface area contributed by atoms with Gasteiger partial charge in [-0.15, -0.1) is 0 Å². The molecule has 1 unspecified atom stereocenters. The molecule has 4 rings (SSSR count). The topological polar surface area (TPSA) is 78.8 Å². The van der Waals surface area contributed by atoms with Crippen LogP contribution in [0.2, 0.25) is 0 Å². The molecule has 1 aliphatic heterocycles. The summed E-state index contributed by atoms with van der Waals surface area (Å²) in [6.07, 6.45) is -0.262. The van der Waals surface area contributed by atoms with E-state index in [2.05, 4.69) is 5.32 Å². The third-order valence-corrected chi connectivity index (χ3v) is 6.29. The average molecular weight is 486 g/mol. The van der Waals surface area contributed by atoms with Crippen LogP contribution >= 0.6 is 0 Å². The Labute approximate surface area is 201 Å². The third-order valence-electron chi connectivity index (χ3n) is 6.29. The number of carbonyl (C=O) groups excluding carboxylic acids is 1. The summed E-state index contributed by atoms with van der Waals surface area (Å²) in [6, 6.07) is 11.6. The van der Waals surface area contributed by atoms with Crippen molar-refractivity contribution in [1.29, 1.82) is 0 Å². The molecule has 0 spiro atoms. The minimum absolute atomic E-state index is 0.0125. The van der Waals surface area contributed by atoms with Crippen molar-refractivity contribution in [2.24, 2.45) is 0 Å². The smallest absolute Gasteiger partial charge is 0.338 e. The molecule has 0 amide bonds. The summed E-state index contributed by atoms with van der Waals surface area (Å²) in [6.45, 7) is 3.53. The van der Waals surface area contributed by atoms with E-state index in [1.165, 1.54) is 12.1 Å². The summed E-state index contributed by atoms with van der Waals surface area (Å²) in [5.41, 5.74) is -0.538. The molecule has 35 heavy (non-hydrogen) atoms. The molecule has 1 atom stereocenters. The predicted octanol–water partition coefficient (Wildman–Crippen LogP) is 5.23. The Morgan fingerprint density at radius 1 is 1.00 bits per heavy atom. The van der Waals surface area contributed by atoms with Gasteiger partial charge < -0.3 is 20.3 Å². The predicted molar refractivity (Wildman–Crippen MR) is 125 cm³/mol. The molecule has 5 nitrogen and oxygen atoms in total. The highest BCUT2D eigenvalue weighted by Crippen LogP contribution is 2.39. The first kappa shape index (κ1) is 24.6. The largest absolute Gasteiger partial charge is 0.508 e. The fraction of sp³-hybridized carbons (Fsp3) is 0.296. The molecule has 0 aromatic heterocycles. The van der Waals surface area contributed by atoms with Crippen molar-refractivity contribution in [2.45, 2.75) is 44.3 Å². The number of ether oxygens (including phenoxy) is 1. The average Bonchev–Trinajstić information content (AvgIpc) is 3.16. The van der Waals surface area contributed by atoms with E-state index in [-0.39, 0.29) is 42.9 Å². The van der Waals surface area contributed by atoms with Gasteiger partial charge in [-0.05, 0) is 72.0 Å². The van der Waals surface area contributed by atoms with E-state index in [1.54, 1.807) is 32.0 Å². The van der Waals surface area contributed by atoms with Crippen molar-refractivity contribution in [3.63, 3.8) is 0 Å². The molecule has 0 saturated carbocycles. The van der Waals surface area contributed by atoms with Gasteiger partial charge in [-0.1, -0.05) is 13.8 Å². The van der Waals surface area contributed by atoms with Crippen LogP contribution in [0.5, 0.6) is 5.75 Å². The zero-order valence-electron chi connectivity index (χ0n) is 19.4. The van der Waals surface area contributed by atoms with Crippen LogP contribution in [0.15, 0.2) is 54.6 Å². The number of esters is 1. The first-order valence-corrected chi connectivity index (χ1v) is 11.2. The zero-order chi connectivity index (χ0) is 25.4. The highest BCUT2D eigenvalue weighted by atomic mass is 19.1. The van der Waals surface area contributed by atoms with Crippen LogP contribution in [0.3, 0.4) is 0 Å². The van der Waals surface area contributed by atoms with E-state index in [9.17, 15) is 28.2 Å². The summed E-state index contributed by atoms with van der Waals surface area (Å²) in [7, 11) is 0. The van der Waals surface area contributed by atoms with Gasteiger partial charge in [0.25, 0.3) is 0 Å². The van der Waals surface area contributed by atoms with Crippen molar-refractivity contribution in [1.82, 2.24) is 0 Å². The number of hydrogen-bond donors (Lipinski definition) is 3. The van der Waals surface area contributed by atoms with E-state index >= 15 is 0 Å². The number of carbonyl (C=O) groups is 1. The maximum absolute atomic E-state index is 14.5. The lowest BCUT2D eigenvalue weighted by Gasteiger charge is -2.37. The monoisotopic (exact) mass is 485 g/mol. The molecule has 3 N–H and O–H groups in total. The number of cyclic esters (lactones) is 1. The molecule has 1 aliphatic rings. The Kier molecular flexibility index (Phi) is 6.51. The summed E-state index contributed by atoms with van der Waals surface area (Å²) in [5, 5.41) is 25.2. The SMILES string of the molecule is CC(C)(CC(O)(CNc1ccc2c(c1)COC2=O)Cc1cc(F)ccc1F)c1cc(F)ccc1O. The number of halogens is 3. The van der Waals surface area contributed by atoms with Gasteiger partial charge in [-0.3, -0.25) is 0 Å². The number of phenolic OH excluding ortho intramolecular Hbond substituents is 1. The van der Waals surface area contributed by atoms with Crippen molar-refractivity contribution in [2.75, 3.05) is 11.9 Å². The molecule has 0 radical (unpaired) electrons. The zero-order valence-corrected chi connectivity index (χ0v) is 19.4. The maximum Gasteiger partial charge on any atom is 0.338 e. The number of nitrogens with one attached hydrogen (secondary N) is 1. The lowest BCUT2D eigenvalue weighted by atomic mass is 9.73. The molecule has 3 aromatic carbocycles. The van der Waals surface area contributed by atoms with Gasteiger partial charge in [0.2, 0.25) is 0 Å². The number of phenols is 1. The maximum atomic E-state index is 14.5. The standard InChI is InChI=1S/C27H26F3NO4/c1-26(2,22-11-19(29)4-8-24(22)32)14-27(34,12-16-9-18(28)3-7-23(16)30)15-31-20-5-6-21-17(10-20)13-35-25(21)33/h3-11,31-32,34H,12-15H2,1-2H3. The van der Waals surface area contributed by atoms with Crippen molar-refractivity contribution in [3.8, 4) is 5.75 Å². The number of benzene rings is 3. The van der Waals surface area contributed by atoms with Crippen LogP contribution in [-0.4, -0.2) is 28.3 Å². The minimum atomic E-state index is -1.64. The number of fused-ring (bicyclic) bond motifs is 1. The van der Waals surface area contributed by atoms with E-state index in [0.717, 1.165) is 24.3 Å². The molecule has 0 saturated heterocycles. The summed E-state index contributed by atoms with van der Waals surface area (Å²) in [4.78, 5) is 11.7. The molecular weight excluding hydrogens is 459 g/mol. The van der Waals surface area contributed by atoms with Crippen molar-refractivity contribution >= 4 is 11.7 Å². The lowest BCUT2D eigenvalue weighted by Crippen LogP contribution is -2.44. The van der Waals surface area contributed by atoms with Crippen LogP contribution < -0.4 is 5.32 Å².